The maximum Gasteiger partial charge on any atom is 0.245 e. The molecule has 102 valence electrons. The predicted molar refractivity (Wildman–Crippen MR) is 65.7 cm³/mol. The maximum atomic E-state index is 12.1. The third kappa shape index (κ3) is 2.64. The van der Waals surface area contributed by atoms with Gasteiger partial charge in [-0.15, -0.1) is 0 Å². The molecular weight excluding hydrogens is 234 g/mol. The van der Waals surface area contributed by atoms with Crippen LogP contribution in [0, 0.1) is 5.41 Å². The summed E-state index contributed by atoms with van der Waals surface area (Å²) in [6.07, 6.45) is 1.65. The van der Waals surface area contributed by atoms with E-state index in [1.807, 2.05) is 0 Å². The molecule has 1 aliphatic carbocycles. The number of hydrogen-bond donors (Lipinski definition) is 2. The molecule has 0 radical (unpaired) electrons. The predicted octanol–water partition coefficient (Wildman–Crippen LogP) is -0.911. The Labute approximate surface area is 107 Å². The SMILES string of the molecule is CC(NC(=O)C1(CN)CC1)C(=O)N1CCOCC1. The van der Waals surface area contributed by atoms with Gasteiger partial charge in [0.25, 0.3) is 0 Å². The highest BCUT2D eigenvalue weighted by atomic mass is 16.5. The van der Waals surface area contributed by atoms with Crippen LogP contribution < -0.4 is 11.1 Å². The molecule has 2 amide bonds. The van der Waals surface area contributed by atoms with Crippen molar-refractivity contribution in [3.8, 4) is 0 Å². The van der Waals surface area contributed by atoms with Crippen LogP contribution in [0.3, 0.4) is 0 Å². The zero-order chi connectivity index (χ0) is 13.2. The number of carbonyl (C=O) groups is 2. The van der Waals surface area contributed by atoms with Crippen LogP contribution in [0.5, 0.6) is 0 Å². The number of nitrogens with zero attached hydrogens (tertiary/aromatic N) is 1. The maximum absolute atomic E-state index is 12.1. The van der Waals surface area contributed by atoms with E-state index in [-0.39, 0.29) is 11.8 Å². The van der Waals surface area contributed by atoms with Gasteiger partial charge in [-0.05, 0) is 19.8 Å². The molecule has 1 saturated carbocycles. The fourth-order valence-corrected chi connectivity index (χ4v) is 2.14. The van der Waals surface area contributed by atoms with Crippen molar-refractivity contribution in [2.75, 3.05) is 32.8 Å². The fourth-order valence-electron chi connectivity index (χ4n) is 2.14. The van der Waals surface area contributed by atoms with E-state index in [9.17, 15) is 9.59 Å². The minimum Gasteiger partial charge on any atom is -0.378 e. The Bertz CT molecular complexity index is 335. The standard InChI is InChI=1S/C12H21N3O3/c1-9(10(16)15-4-6-18-7-5-15)14-11(17)12(8-13)2-3-12/h9H,2-8,13H2,1H3,(H,14,17). The number of rotatable bonds is 4. The number of morpholine rings is 1. The topological polar surface area (TPSA) is 84.7 Å². The molecule has 2 rings (SSSR count). The van der Waals surface area contributed by atoms with E-state index >= 15 is 0 Å². The molecule has 0 aromatic heterocycles. The second kappa shape index (κ2) is 5.24. The first-order valence-corrected chi connectivity index (χ1v) is 6.47. The minimum absolute atomic E-state index is 0.0422. The first kappa shape index (κ1) is 13.3. The molecule has 1 saturated heterocycles. The Kier molecular flexibility index (Phi) is 3.87. The van der Waals surface area contributed by atoms with Gasteiger partial charge in [0.05, 0.1) is 18.6 Å². The number of nitrogens with one attached hydrogen (secondary N) is 1. The molecular formula is C12H21N3O3. The van der Waals surface area contributed by atoms with Crippen LogP contribution in [-0.2, 0) is 14.3 Å². The lowest BCUT2D eigenvalue weighted by Gasteiger charge is -2.30. The molecule has 0 bridgehead atoms. The van der Waals surface area contributed by atoms with Gasteiger partial charge >= 0.3 is 0 Å². The van der Waals surface area contributed by atoms with Crippen LogP contribution in [0.2, 0.25) is 0 Å². The molecule has 1 heterocycles. The zero-order valence-electron chi connectivity index (χ0n) is 10.8. The average Bonchev–Trinajstić information content (AvgIpc) is 3.19. The highest BCUT2D eigenvalue weighted by Crippen LogP contribution is 2.44. The lowest BCUT2D eigenvalue weighted by Crippen LogP contribution is -2.52. The molecule has 0 aromatic rings. The molecule has 6 nitrogen and oxygen atoms in total. The Balaban J connectivity index is 1.85. The second-order valence-electron chi connectivity index (χ2n) is 5.12. The van der Waals surface area contributed by atoms with Crippen molar-refractivity contribution >= 4 is 11.8 Å². The number of hydrogen-bond acceptors (Lipinski definition) is 4. The quantitative estimate of drug-likeness (QED) is 0.681. The van der Waals surface area contributed by atoms with Crippen molar-refractivity contribution in [2.45, 2.75) is 25.8 Å². The summed E-state index contributed by atoms with van der Waals surface area (Å²) in [5, 5.41) is 2.78. The molecule has 2 fully saturated rings. The molecule has 1 unspecified atom stereocenters. The molecule has 0 aromatic carbocycles. The van der Waals surface area contributed by atoms with Gasteiger partial charge < -0.3 is 20.7 Å². The van der Waals surface area contributed by atoms with E-state index in [1.54, 1.807) is 11.8 Å². The average molecular weight is 255 g/mol. The first-order valence-electron chi connectivity index (χ1n) is 6.47. The van der Waals surface area contributed by atoms with Crippen LogP contribution in [0.4, 0.5) is 0 Å². The molecule has 6 heteroatoms. The Morgan fingerprint density at radius 2 is 2.00 bits per heavy atom. The van der Waals surface area contributed by atoms with Crippen LogP contribution in [0.15, 0.2) is 0 Å². The normalized spacial score (nSPS) is 23.3. The van der Waals surface area contributed by atoms with Gasteiger partial charge in [0, 0.05) is 19.6 Å². The van der Waals surface area contributed by atoms with Gasteiger partial charge in [-0.2, -0.15) is 0 Å². The summed E-state index contributed by atoms with van der Waals surface area (Å²) in [6.45, 7) is 4.42. The van der Waals surface area contributed by atoms with Crippen molar-refractivity contribution in [1.29, 1.82) is 0 Å². The third-order valence-corrected chi connectivity index (χ3v) is 3.77. The van der Waals surface area contributed by atoms with Gasteiger partial charge in [-0.1, -0.05) is 0 Å². The number of nitrogens with two attached hydrogens (primary N) is 1. The van der Waals surface area contributed by atoms with E-state index in [0.29, 0.717) is 32.8 Å². The monoisotopic (exact) mass is 255 g/mol. The van der Waals surface area contributed by atoms with Crippen LogP contribution in [-0.4, -0.2) is 55.6 Å². The second-order valence-corrected chi connectivity index (χ2v) is 5.12. The summed E-state index contributed by atoms with van der Waals surface area (Å²) in [6, 6.07) is -0.486. The summed E-state index contributed by atoms with van der Waals surface area (Å²) in [7, 11) is 0. The zero-order valence-corrected chi connectivity index (χ0v) is 10.8. The fraction of sp³-hybridized carbons (Fsp3) is 0.833. The number of carbonyl (C=O) groups excluding carboxylic acids is 2. The summed E-state index contributed by atoms with van der Waals surface area (Å²) >= 11 is 0. The van der Waals surface area contributed by atoms with E-state index < -0.39 is 11.5 Å². The van der Waals surface area contributed by atoms with Gasteiger partial charge in [-0.3, -0.25) is 9.59 Å². The van der Waals surface area contributed by atoms with Crippen molar-refractivity contribution in [2.24, 2.45) is 11.1 Å². The third-order valence-electron chi connectivity index (χ3n) is 3.77. The Hall–Kier alpha value is -1.14. The van der Waals surface area contributed by atoms with Crippen molar-refractivity contribution in [1.82, 2.24) is 10.2 Å². The van der Waals surface area contributed by atoms with Gasteiger partial charge in [0.15, 0.2) is 0 Å². The lowest BCUT2D eigenvalue weighted by atomic mass is 10.1. The number of amides is 2. The van der Waals surface area contributed by atoms with E-state index in [2.05, 4.69) is 5.32 Å². The Morgan fingerprint density at radius 1 is 1.39 bits per heavy atom. The lowest BCUT2D eigenvalue weighted by molar-refractivity contribution is -0.140. The van der Waals surface area contributed by atoms with Gasteiger partial charge in [0.2, 0.25) is 11.8 Å². The van der Waals surface area contributed by atoms with E-state index in [4.69, 9.17) is 10.5 Å². The van der Waals surface area contributed by atoms with Crippen LogP contribution in [0.1, 0.15) is 19.8 Å². The summed E-state index contributed by atoms with van der Waals surface area (Å²) in [5.41, 5.74) is 5.19. The summed E-state index contributed by atoms with van der Waals surface area (Å²) in [4.78, 5) is 25.8. The molecule has 1 atom stereocenters. The van der Waals surface area contributed by atoms with Crippen molar-refractivity contribution in [3.63, 3.8) is 0 Å². The summed E-state index contributed by atoms with van der Waals surface area (Å²) in [5.74, 6) is -0.126. The van der Waals surface area contributed by atoms with Crippen molar-refractivity contribution in [3.05, 3.63) is 0 Å². The first-order chi connectivity index (χ1) is 8.59. The molecule has 1 aliphatic heterocycles. The molecule has 18 heavy (non-hydrogen) atoms. The minimum atomic E-state index is -0.486. The summed E-state index contributed by atoms with van der Waals surface area (Å²) < 4.78 is 5.19. The van der Waals surface area contributed by atoms with Crippen LogP contribution >= 0.6 is 0 Å². The van der Waals surface area contributed by atoms with E-state index in [0.717, 1.165) is 12.8 Å². The van der Waals surface area contributed by atoms with Crippen molar-refractivity contribution < 1.29 is 14.3 Å². The van der Waals surface area contributed by atoms with E-state index in [1.165, 1.54) is 0 Å². The van der Waals surface area contributed by atoms with Gasteiger partial charge in [0.1, 0.15) is 6.04 Å². The highest BCUT2D eigenvalue weighted by Gasteiger charge is 2.49. The highest BCUT2D eigenvalue weighted by molar-refractivity contribution is 5.91. The van der Waals surface area contributed by atoms with Crippen LogP contribution in [0.25, 0.3) is 0 Å². The van der Waals surface area contributed by atoms with Gasteiger partial charge in [-0.25, -0.2) is 0 Å². The smallest absolute Gasteiger partial charge is 0.245 e. The number of ether oxygens (including phenoxy) is 1. The Morgan fingerprint density at radius 3 is 2.50 bits per heavy atom. The largest absolute Gasteiger partial charge is 0.378 e. The molecule has 2 aliphatic rings. The molecule has 3 N–H and O–H groups in total. The molecule has 0 spiro atoms.